The second-order valence-electron chi connectivity index (χ2n) is 4.53. The lowest BCUT2D eigenvalue weighted by Gasteiger charge is -2.28. The number of aromatic nitrogens is 2. The van der Waals surface area contributed by atoms with Gasteiger partial charge in [-0.15, -0.1) is 0 Å². The number of carbonyl (C=O) groups is 1. The summed E-state index contributed by atoms with van der Waals surface area (Å²) in [5.41, 5.74) is 0. The minimum atomic E-state index is -0.0713. The molecule has 0 spiro atoms. The molecule has 0 amide bonds. The number of hydrogen-bond donors (Lipinski definition) is 1. The average Bonchev–Trinajstić information content (AvgIpc) is 2.40. The van der Waals surface area contributed by atoms with E-state index in [9.17, 15) is 4.79 Å². The Morgan fingerprint density at radius 3 is 2.94 bits per heavy atom. The topological polar surface area (TPSA) is 64.1 Å². The molecule has 0 aromatic carbocycles. The molecular weight excluding hydrogens is 230 g/mol. The monoisotopic (exact) mass is 249 g/mol. The fourth-order valence-electron chi connectivity index (χ4n) is 2.35. The van der Waals surface area contributed by atoms with Crippen molar-refractivity contribution in [3.63, 3.8) is 0 Å². The summed E-state index contributed by atoms with van der Waals surface area (Å²) in [4.78, 5) is 20.0. The molecule has 1 fully saturated rings. The van der Waals surface area contributed by atoms with Crippen LogP contribution in [-0.4, -0.2) is 28.6 Å². The second-order valence-corrected chi connectivity index (χ2v) is 4.53. The molecule has 0 saturated heterocycles. The van der Waals surface area contributed by atoms with Crippen LogP contribution in [0.3, 0.4) is 0 Å². The van der Waals surface area contributed by atoms with Gasteiger partial charge in [-0.25, -0.2) is 9.97 Å². The van der Waals surface area contributed by atoms with Gasteiger partial charge in [0.05, 0.1) is 12.5 Å². The third-order valence-electron chi connectivity index (χ3n) is 3.19. The summed E-state index contributed by atoms with van der Waals surface area (Å²) in [6.07, 6.45) is 7.23. The van der Waals surface area contributed by atoms with Crippen LogP contribution in [0.5, 0.6) is 0 Å². The van der Waals surface area contributed by atoms with Gasteiger partial charge < -0.3 is 10.1 Å². The van der Waals surface area contributed by atoms with Crippen LogP contribution in [0.2, 0.25) is 0 Å². The van der Waals surface area contributed by atoms with Crippen molar-refractivity contribution < 1.29 is 9.53 Å². The lowest BCUT2D eigenvalue weighted by molar-refractivity contribution is -0.149. The van der Waals surface area contributed by atoms with Crippen LogP contribution in [0.4, 0.5) is 5.95 Å². The number of nitrogens with zero attached hydrogens (tertiary/aromatic N) is 2. The fourth-order valence-corrected chi connectivity index (χ4v) is 2.35. The van der Waals surface area contributed by atoms with Crippen molar-refractivity contribution in [2.75, 3.05) is 11.9 Å². The minimum Gasteiger partial charge on any atom is -0.466 e. The Bertz CT molecular complexity index is 383. The van der Waals surface area contributed by atoms with Crippen molar-refractivity contribution >= 4 is 11.9 Å². The van der Waals surface area contributed by atoms with E-state index in [-0.39, 0.29) is 17.9 Å². The van der Waals surface area contributed by atoms with Gasteiger partial charge >= 0.3 is 5.97 Å². The maximum absolute atomic E-state index is 11.7. The highest BCUT2D eigenvalue weighted by Crippen LogP contribution is 2.26. The Labute approximate surface area is 107 Å². The van der Waals surface area contributed by atoms with E-state index < -0.39 is 0 Å². The Morgan fingerprint density at radius 2 is 2.22 bits per heavy atom. The first-order valence-corrected chi connectivity index (χ1v) is 6.49. The molecule has 2 rings (SSSR count). The molecule has 2 atom stereocenters. The van der Waals surface area contributed by atoms with Gasteiger partial charge in [0.2, 0.25) is 5.95 Å². The number of nitrogens with one attached hydrogen (secondary N) is 1. The zero-order chi connectivity index (χ0) is 12.8. The molecule has 0 unspecified atom stereocenters. The minimum absolute atomic E-state index is 0.0138. The van der Waals surface area contributed by atoms with E-state index in [1.807, 2.05) is 6.92 Å². The van der Waals surface area contributed by atoms with E-state index in [4.69, 9.17) is 4.74 Å². The number of ether oxygens (including phenoxy) is 1. The van der Waals surface area contributed by atoms with E-state index in [0.717, 1.165) is 25.7 Å². The first-order chi connectivity index (χ1) is 8.79. The third kappa shape index (κ3) is 3.42. The fraction of sp³-hybridized carbons (Fsp3) is 0.615. The first kappa shape index (κ1) is 12.8. The van der Waals surface area contributed by atoms with Crippen molar-refractivity contribution in [2.24, 2.45) is 5.92 Å². The van der Waals surface area contributed by atoms with Gasteiger partial charge in [0, 0.05) is 18.4 Å². The predicted molar refractivity (Wildman–Crippen MR) is 68.0 cm³/mol. The number of esters is 1. The van der Waals surface area contributed by atoms with Crippen LogP contribution >= 0.6 is 0 Å². The van der Waals surface area contributed by atoms with Gasteiger partial charge in [-0.05, 0) is 32.3 Å². The zero-order valence-corrected chi connectivity index (χ0v) is 10.6. The molecule has 5 nitrogen and oxygen atoms in total. The summed E-state index contributed by atoms with van der Waals surface area (Å²) in [6.45, 7) is 2.30. The highest BCUT2D eigenvalue weighted by molar-refractivity contribution is 5.72. The van der Waals surface area contributed by atoms with E-state index in [0.29, 0.717) is 12.6 Å². The molecule has 1 N–H and O–H groups in total. The largest absolute Gasteiger partial charge is 0.466 e. The summed E-state index contributed by atoms with van der Waals surface area (Å²) in [5, 5.41) is 3.28. The highest BCUT2D eigenvalue weighted by atomic mass is 16.5. The quantitative estimate of drug-likeness (QED) is 0.827. The third-order valence-corrected chi connectivity index (χ3v) is 3.19. The van der Waals surface area contributed by atoms with Crippen LogP contribution in [-0.2, 0) is 9.53 Å². The molecule has 1 aromatic heterocycles. The number of anilines is 1. The van der Waals surface area contributed by atoms with Crippen LogP contribution in [0.15, 0.2) is 18.5 Å². The van der Waals surface area contributed by atoms with Gasteiger partial charge in [0.25, 0.3) is 0 Å². The molecule has 0 radical (unpaired) electrons. The van der Waals surface area contributed by atoms with E-state index >= 15 is 0 Å². The lowest BCUT2D eigenvalue weighted by Crippen LogP contribution is -2.32. The molecule has 1 aliphatic carbocycles. The molecule has 5 heteroatoms. The average molecular weight is 249 g/mol. The standard InChI is InChI=1S/C13H19N3O2/c1-2-18-12(17)10-5-3-6-11(9-10)16-13-14-7-4-8-15-13/h4,7-8,10-11H,2-3,5-6,9H2,1H3,(H,14,15,16)/t10-,11+/m1/s1. The van der Waals surface area contributed by atoms with Crippen molar-refractivity contribution in [1.82, 2.24) is 9.97 Å². The SMILES string of the molecule is CCOC(=O)[C@@H]1CCC[C@H](Nc2ncccn2)C1. The highest BCUT2D eigenvalue weighted by Gasteiger charge is 2.28. The van der Waals surface area contributed by atoms with E-state index in [1.165, 1.54) is 0 Å². The molecule has 98 valence electrons. The van der Waals surface area contributed by atoms with Crippen LogP contribution in [0.25, 0.3) is 0 Å². The number of hydrogen-bond acceptors (Lipinski definition) is 5. The van der Waals surface area contributed by atoms with Crippen molar-refractivity contribution in [1.29, 1.82) is 0 Å². The van der Waals surface area contributed by atoms with Crippen molar-refractivity contribution in [3.8, 4) is 0 Å². The van der Waals surface area contributed by atoms with Crippen molar-refractivity contribution in [2.45, 2.75) is 38.6 Å². The van der Waals surface area contributed by atoms with Gasteiger partial charge in [-0.1, -0.05) is 6.42 Å². The first-order valence-electron chi connectivity index (χ1n) is 6.49. The second kappa shape index (κ2) is 6.33. The van der Waals surface area contributed by atoms with Crippen LogP contribution < -0.4 is 5.32 Å². The summed E-state index contributed by atoms with van der Waals surface area (Å²) in [7, 11) is 0. The predicted octanol–water partition coefficient (Wildman–Crippen LogP) is 2.01. The number of carbonyl (C=O) groups excluding carboxylic acids is 1. The summed E-state index contributed by atoms with van der Waals surface area (Å²) in [5.74, 6) is 0.574. The molecular formula is C13H19N3O2. The molecule has 1 aromatic rings. The molecule has 1 heterocycles. The summed E-state index contributed by atoms with van der Waals surface area (Å²) in [6, 6.07) is 2.04. The Morgan fingerprint density at radius 1 is 1.44 bits per heavy atom. The van der Waals surface area contributed by atoms with Gasteiger partial charge in [-0.2, -0.15) is 0 Å². The Kier molecular flexibility index (Phi) is 4.50. The number of rotatable bonds is 4. The molecule has 1 aliphatic rings. The summed E-state index contributed by atoms with van der Waals surface area (Å²) < 4.78 is 5.08. The molecule has 1 saturated carbocycles. The van der Waals surface area contributed by atoms with E-state index in [2.05, 4.69) is 15.3 Å². The normalized spacial score (nSPS) is 23.4. The van der Waals surface area contributed by atoms with Gasteiger partial charge in [-0.3, -0.25) is 4.79 Å². The van der Waals surface area contributed by atoms with E-state index in [1.54, 1.807) is 18.5 Å². The molecule has 0 bridgehead atoms. The lowest BCUT2D eigenvalue weighted by atomic mass is 9.86. The Hall–Kier alpha value is -1.65. The zero-order valence-electron chi connectivity index (χ0n) is 10.6. The van der Waals surface area contributed by atoms with Gasteiger partial charge in [0.15, 0.2) is 0 Å². The van der Waals surface area contributed by atoms with Crippen molar-refractivity contribution in [3.05, 3.63) is 18.5 Å². The smallest absolute Gasteiger partial charge is 0.308 e. The molecule has 0 aliphatic heterocycles. The maximum atomic E-state index is 11.7. The van der Waals surface area contributed by atoms with Gasteiger partial charge in [0.1, 0.15) is 0 Å². The Balaban J connectivity index is 1.89. The maximum Gasteiger partial charge on any atom is 0.308 e. The van der Waals surface area contributed by atoms with Crippen LogP contribution in [0, 0.1) is 5.92 Å². The summed E-state index contributed by atoms with van der Waals surface area (Å²) >= 11 is 0. The molecule has 18 heavy (non-hydrogen) atoms. The van der Waals surface area contributed by atoms with Crippen LogP contribution in [0.1, 0.15) is 32.6 Å².